The molecule has 14 heavy (non-hydrogen) atoms. The molecule has 0 saturated carbocycles. The average Bonchev–Trinajstić information content (AvgIpc) is 2.25. The van der Waals surface area contributed by atoms with Crippen LogP contribution in [0, 0.1) is 6.07 Å². The second-order valence-corrected chi connectivity index (χ2v) is 3.09. The van der Waals surface area contributed by atoms with Gasteiger partial charge in [-0.3, -0.25) is 0 Å². The van der Waals surface area contributed by atoms with Crippen LogP contribution in [-0.2, 0) is 4.84 Å². The third-order valence-electron chi connectivity index (χ3n) is 1.84. The van der Waals surface area contributed by atoms with Crippen molar-refractivity contribution < 1.29 is 4.84 Å². The van der Waals surface area contributed by atoms with Crippen LogP contribution in [0.15, 0.2) is 29.4 Å². The van der Waals surface area contributed by atoms with Crippen molar-refractivity contribution in [3.63, 3.8) is 0 Å². The van der Waals surface area contributed by atoms with Gasteiger partial charge in [0.2, 0.25) is 0 Å². The van der Waals surface area contributed by atoms with Crippen molar-refractivity contribution in [3.05, 3.63) is 35.9 Å². The lowest BCUT2D eigenvalue weighted by Gasteiger charge is -1.96. The maximum absolute atomic E-state index is 5.09. The number of benzene rings is 1. The lowest BCUT2D eigenvalue weighted by Crippen LogP contribution is -1.88. The first-order valence-electron chi connectivity index (χ1n) is 5.05. The fourth-order valence-corrected chi connectivity index (χ4v) is 1.05. The standard InChI is InChI=1S/C12H16NO/c1-2-3-7-10-14-13-11-12-8-5-4-6-9-12/h4-6,8,11H,2-3,7,10H2,1H3. The summed E-state index contributed by atoms with van der Waals surface area (Å²) in [6.45, 7) is 2.87. The minimum absolute atomic E-state index is 0.706. The number of hydrogen-bond acceptors (Lipinski definition) is 2. The summed E-state index contributed by atoms with van der Waals surface area (Å²) in [6, 6.07) is 10.7. The van der Waals surface area contributed by atoms with Crippen molar-refractivity contribution in [2.75, 3.05) is 6.61 Å². The molecule has 1 aromatic carbocycles. The number of nitrogens with zero attached hydrogens (tertiary/aromatic N) is 1. The van der Waals surface area contributed by atoms with Gasteiger partial charge in [0.15, 0.2) is 0 Å². The molecule has 0 amide bonds. The molecule has 0 unspecified atom stereocenters. The first kappa shape index (κ1) is 10.8. The minimum Gasteiger partial charge on any atom is -0.396 e. The van der Waals surface area contributed by atoms with Crippen molar-refractivity contribution in [3.8, 4) is 0 Å². The molecule has 1 radical (unpaired) electrons. The van der Waals surface area contributed by atoms with E-state index in [-0.39, 0.29) is 0 Å². The number of oxime groups is 1. The van der Waals surface area contributed by atoms with Gasteiger partial charge in [-0.05, 0) is 12.5 Å². The Balaban J connectivity index is 2.15. The van der Waals surface area contributed by atoms with E-state index in [0.717, 1.165) is 12.0 Å². The summed E-state index contributed by atoms with van der Waals surface area (Å²) in [5, 5.41) is 3.86. The Bertz CT molecular complexity index is 256. The van der Waals surface area contributed by atoms with E-state index in [1.54, 1.807) is 6.21 Å². The summed E-state index contributed by atoms with van der Waals surface area (Å²) in [5.41, 5.74) is 0.947. The second-order valence-electron chi connectivity index (χ2n) is 3.09. The van der Waals surface area contributed by atoms with Gasteiger partial charge in [0.1, 0.15) is 6.61 Å². The second kappa shape index (κ2) is 7.13. The molecular formula is C12H16NO. The van der Waals surface area contributed by atoms with E-state index in [1.165, 1.54) is 12.8 Å². The van der Waals surface area contributed by atoms with E-state index >= 15 is 0 Å². The van der Waals surface area contributed by atoms with Crippen molar-refractivity contribution >= 4 is 6.21 Å². The molecule has 1 aromatic rings. The van der Waals surface area contributed by atoms with Crippen LogP contribution in [-0.4, -0.2) is 12.8 Å². The Morgan fingerprint density at radius 1 is 1.43 bits per heavy atom. The Kier molecular flexibility index (Phi) is 5.48. The van der Waals surface area contributed by atoms with Crippen LogP contribution in [0.2, 0.25) is 0 Å². The molecule has 0 aliphatic rings. The molecule has 0 aromatic heterocycles. The van der Waals surface area contributed by atoms with Crippen LogP contribution in [0.25, 0.3) is 0 Å². The average molecular weight is 190 g/mol. The third-order valence-corrected chi connectivity index (χ3v) is 1.84. The zero-order chi connectivity index (χ0) is 10.1. The van der Waals surface area contributed by atoms with Gasteiger partial charge in [0, 0.05) is 5.56 Å². The van der Waals surface area contributed by atoms with E-state index < -0.39 is 0 Å². The van der Waals surface area contributed by atoms with Crippen LogP contribution in [0.4, 0.5) is 0 Å². The summed E-state index contributed by atoms with van der Waals surface area (Å²) >= 11 is 0. The monoisotopic (exact) mass is 190 g/mol. The van der Waals surface area contributed by atoms with E-state index in [2.05, 4.69) is 18.1 Å². The Morgan fingerprint density at radius 2 is 2.36 bits per heavy atom. The van der Waals surface area contributed by atoms with Gasteiger partial charge in [-0.1, -0.05) is 49.2 Å². The zero-order valence-electron chi connectivity index (χ0n) is 8.57. The predicted octanol–water partition coefficient (Wildman–Crippen LogP) is 3.03. The van der Waals surface area contributed by atoms with Gasteiger partial charge in [-0.25, -0.2) is 0 Å². The van der Waals surface area contributed by atoms with Gasteiger partial charge >= 0.3 is 0 Å². The normalized spacial score (nSPS) is 10.6. The molecule has 2 heteroatoms. The van der Waals surface area contributed by atoms with Crippen molar-refractivity contribution in [2.24, 2.45) is 5.16 Å². The Labute approximate surface area is 85.6 Å². The van der Waals surface area contributed by atoms with Crippen molar-refractivity contribution in [1.29, 1.82) is 0 Å². The molecule has 0 heterocycles. The quantitative estimate of drug-likeness (QED) is 0.384. The highest BCUT2D eigenvalue weighted by Crippen LogP contribution is 1.96. The topological polar surface area (TPSA) is 21.6 Å². The SMILES string of the molecule is CCCCCON=Cc1[c]cccc1. The van der Waals surface area contributed by atoms with E-state index in [1.807, 2.05) is 24.3 Å². The van der Waals surface area contributed by atoms with Gasteiger partial charge in [0.25, 0.3) is 0 Å². The lowest BCUT2D eigenvalue weighted by molar-refractivity contribution is 0.141. The van der Waals surface area contributed by atoms with Crippen LogP contribution in [0.3, 0.4) is 0 Å². The molecule has 0 N–H and O–H groups in total. The molecule has 0 aliphatic heterocycles. The molecule has 2 nitrogen and oxygen atoms in total. The zero-order valence-corrected chi connectivity index (χ0v) is 8.57. The first-order valence-corrected chi connectivity index (χ1v) is 5.05. The molecule has 0 spiro atoms. The van der Waals surface area contributed by atoms with E-state index in [4.69, 9.17) is 4.84 Å². The van der Waals surface area contributed by atoms with Crippen molar-refractivity contribution in [1.82, 2.24) is 0 Å². The summed E-state index contributed by atoms with van der Waals surface area (Å²) in [6.07, 6.45) is 5.17. The molecular weight excluding hydrogens is 174 g/mol. The van der Waals surface area contributed by atoms with Gasteiger partial charge in [-0.15, -0.1) is 0 Å². The Hall–Kier alpha value is -1.31. The summed E-state index contributed by atoms with van der Waals surface area (Å²) < 4.78 is 0. The fraction of sp³-hybridized carbons (Fsp3) is 0.417. The molecule has 0 bridgehead atoms. The highest BCUT2D eigenvalue weighted by molar-refractivity contribution is 5.78. The third kappa shape index (κ3) is 4.65. The maximum atomic E-state index is 5.09. The van der Waals surface area contributed by atoms with Gasteiger partial charge in [-0.2, -0.15) is 0 Å². The van der Waals surface area contributed by atoms with Crippen LogP contribution >= 0.6 is 0 Å². The summed E-state index contributed by atoms with van der Waals surface area (Å²) in [4.78, 5) is 5.09. The highest BCUT2D eigenvalue weighted by Gasteiger charge is 1.86. The largest absolute Gasteiger partial charge is 0.396 e. The lowest BCUT2D eigenvalue weighted by atomic mass is 10.2. The fourth-order valence-electron chi connectivity index (χ4n) is 1.05. The maximum Gasteiger partial charge on any atom is 0.117 e. The minimum atomic E-state index is 0.706. The molecule has 0 saturated heterocycles. The summed E-state index contributed by atoms with van der Waals surface area (Å²) in [5.74, 6) is 0. The molecule has 75 valence electrons. The molecule has 0 atom stereocenters. The number of hydrogen-bond donors (Lipinski definition) is 0. The summed E-state index contributed by atoms with van der Waals surface area (Å²) in [7, 11) is 0. The van der Waals surface area contributed by atoms with Gasteiger partial charge in [0.05, 0.1) is 6.21 Å². The van der Waals surface area contributed by atoms with Gasteiger partial charge < -0.3 is 4.84 Å². The number of unbranched alkanes of at least 4 members (excludes halogenated alkanes) is 2. The predicted molar refractivity (Wildman–Crippen MR) is 58.3 cm³/mol. The molecule has 0 aliphatic carbocycles. The van der Waals surface area contributed by atoms with Crippen LogP contribution in [0.5, 0.6) is 0 Å². The smallest absolute Gasteiger partial charge is 0.117 e. The van der Waals surface area contributed by atoms with E-state index in [9.17, 15) is 0 Å². The molecule has 0 fully saturated rings. The van der Waals surface area contributed by atoms with Crippen LogP contribution < -0.4 is 0 Å². The number of rotatable bonds is 6. The van der Waals surface area contributed by atoms with Crippen molar-refractivity contribution in [2.45, 2.75) is 26.2 Å². The van der Waals surface area contributed by atoms with Crippen LogP contribution in [0.1, 0.15) is 31.7 Å². The van der Waals surface area contributed by atoms with E-state index in [0.29, 0.717) is 6.61 Å². The highest BCUT2D eigenvalue weighted by atomic mass is 16.6. The molecule has 1 rings (SSSR count). The first-order chi connectivity index (χ1) is 6.93. The Morgan fingerprint density at radius 3 is 3.07 bits per heavy atom.